The first-order valence-electron chi connectivity index (χ1n) is 7.97. The number of benzene rings is 1. The Balaban J connectivity index is 1.92. The summed E-state index contributed by atoms with van der Waals surface area (Å²) in [6.07, 6.45) is 5.04. The molecule has 2 heterocycles. The third-order valence-electron chi connectivity index (χ3n) is 3.68. The van der Waals surface area contributed by atoms with Crippen LogP contribution < -0.4 is 10.1 Å². The van der Waals surface area contributed by atoms with Gasteiger partial charge in [0.25, 0.3) is 0 Å². The van der Waals surface area contributed by atoms with E-state index in [4.69, 9.17) is 4.74 Å². The van der Waals surface area contributed by atoms with Crippen molar-refractivity contribution in [1.82, 2.24) is 14.5 Å². The molecule has 3 rings (SSSR count). The molecular formula is C18H20N4O2S. The minimum Gasteiger partial charge on any atom is -0.493 e. The lowest BCUT2D eigenvalue weighted by Crippen LogP contribution is -2.09. The van der Waals surface area contributed by atoms with Crippen molar-refractivity contribution in [3.63, 3.8) is 0 Å². The summed E-state index contributed by atoms with van der Waals surface area (Å²) in [7, 11) is 0.261. The number of methoxy groups -OCH3 is 1. The molecule has 1 aromatic carbocycles. The van der Waals surface area contributed by atoms with E-state index in [1.165, 1.54) is 0 Å². The second kappa shape index (κ2) is 7.94. The van der Waals surface area contributed by atoms with Gasteiger partial charge in [0.05, 0.1) is 23.7 Å². The fourth-order valence-electron chi connectivity index (χ4n) is 2.56. The monoisotopic (exact) mass is 356 g/mol. The molecule has 0 aliphatic carbocycles. The predicted octanol–water partition coefficient (Wildman–Crippen LogP) is 3.02. The Morgan fingerprint density at radius 1 is 1.16 bits per heavy atom. The van der Waals surface area contributed by atoms with Crippen LogP contribution in [0.1, 0.15) is 12.5 Å². The van der Waals surface area contributed by atoms with E-state index in [1.54, 1.807) is 36.3 Å². The van der Waals surface area contributed by atoms with E-state index < -0.39 is 10.8 Å². The number of nitrogens with one attached hydrogen (secondary N) is 1. The van der Waals surface area contributed by atoms with Crippen molar-refractivity contribution in [2.24, 2.45) is 0 Å². The Bertz CT molecular complexity index is 879. The van der Waals surface area contributed by atoms with Crippen LogP contribution in [0.2, 0.25) is 0 Å². The van der Waals surface area contributed by atoms with E-state index >= 15 is 0 Å². The minimum atomic E-state index is -1.32. The number of hydrogen-bond acceptors (Lipinski definition) is 5. The molecule has 0 aliphatic rings. The molecule has 0 aliphatic heterocycles. The van der Waals surface area contributed by atoms with Crippen molar-refractivity contribution in [1.29, 1.82) is 0 Å². The first-order chi connectivity index (χ1) is 12.2. The molecule has 2 aromatic heterocycles. The standard InChI is InChI=1S/C18H20N4O2S/c1-3-19-15-8-5-4-7-14(15)13-25(23)18-21-11-12-22(18)17-16(24-2)9-6-10-20-17/h4-12,19H,3,13H2,1-2H3. The van der Waals surface area contributed by atoms with Gasteiger partial charge in [-0.05, 0) is 30.7 Å². The van der Waals surface area contributed by atoms with Crippen molar-refractivity contribution in [2.45, 2.75) is 17.8 Å². The number of hydrogen-bond donors (Lipinski definition) is 1. The summed E-state index contributed by atoms with van der Waals surface area (Å²) in [6.45, 7) is 2.84. The van der Waals surface area contributed by atoms with E-state index in [2.05, 4.69) is 15.3 Å². The van der Waals surface area contributed by atoms with Gasteiger partial charge >= 0.3 is 0 Å². The van der Waals surface area contributed by atoms with Gasteiger partial charge in [0.2, 0.25) is 5.16 Å². The summed E-state index contributed by atoms with van der Waals surface area (Å²) in [5.74, 6) is 1.55. The van der Waals surface area contributed by atoms with Gasteiger partial charge in [-0.25, -0.2) is 9.97 Å². The third kappa shape index (κ3) is 3.71. The minimum absolute atomic E-state index is 0.370. The SMILES string of the molecule is CCNc1ccccc1CS(=O)c1nccn1-c1ncccc1OC. The summed E-state index contributed by atoms with van der Waals surface area (Å²) in [6, 6.07) is 11.5. The molecule has 1 atom stereocenters. The fourth-order valence-corrected chi connectivity index (χ4v) is 3.77. The van der Waals surface area contributed by atoms with Gasteiger partial charge in [0, 0.05) is 30.8 Å². The summed E-state index contributed by atoms with van der Waals surface area (Å²) < 4.78 is 20.0. The number of ether oxygens (including phenoxy) is 1. The molecule has 3 aromatic rings. The van der Waals surface area contributed by atoms with Crippen molar-refractivity contribution in [3.05, 3.63) is 60.6 Å². The third-order valence-corrected chi connectivity index (χ3v) is 4.96. The number of anilines is 1. The molecule has 0 spiro atoms. The molecule has 7 heteroatoms. The highest BCUT2D eigenvalue weighted by Crippen LogP contribution is 2.24. The predicted molar refractivity (Wildman–Crippen MR) is 98.6 cm³/mol. The van der Waals surface area contributed by atoms with Crippen molar-refractivity contribution in [3.8, 4) is 11.6 Å². The Labute approximate surface area is 149 Å². The summed E-state index contributed by atoms with van der Waals surface area (Å²) in [5.41, 5.74) is 1.98. The zero-order valence-corrected chi connectivity index (χ0v) is 15.0. The van der Waals surface area contributed by atoms with Crippen LogP contribution in [0.4, 0.5) is 5.69 Å². The summed E-state index contributed by atoms with van der Waals surface area (Å²) in [5, 5.41) is 3.74. The summed E-state index contributed by atoms with van der Waals surface area (Å²) >= 11 is 0. The fraction of sp³-hybridized carbons (Fsp3) is 0.222. The average molecular weight is 356 g/mol. The quantitative estimate of drug-likeness (QED) is 0.705. The molecule has 0 fully saturated rings. The molecule has 25 heavy (non-hydrogen) atoms. The summed E-state index contributed by atoms with van der Waals surface area (Å²) in [4.78, 5) is 8.63. The molecule has 1 N–H and O–H groups in total. The van der Waals surface area contributed by atoms with Crippen LogP contribution in [-0.2, 0) is 16.6 Å². The average Bonchev–Trinajstić information content (AvgIpc) is 3.13. The smallest absolute Gasteiger partial charge is 0.205 e. The zero-order chi connectivity index (χ0) is 17.6. The van der Waals surface area contributed by atoms with Crippen LogP contribution in [0.15, 0.2) is 60.1 Å². The highest BCUT2D eigenvalue weighted by atomic mass is 32.2. The number of pyridine rings is 1. The Hall–Kier alpha value is -2.67. The highest BCUT2D eigenvalue weighted by Gasteiger charge is 2.17. The zero-order valence-electron chi connectivity index (χ0n) is 14.2. The van der Waals surface area contributed by atoms with Crippen LogP contribution in [-0.4, -0.2) is 32.4 Å². The number of rotatable bonds is 7. The Morgan fingerprint density at radius 3 is 2.80 bits per heavy atom. The lowest BCUT2D eigenvalue weighted by molar-refractivity contribution is 0.409. The van der Waals surface area contributed by atoms with Gasteiger partial charge in [-0.15, -0.1) is 0 Å². The van der Waals surface area contributed by atoms with E-state index in [1.807, 2.05) is 37.3 Å². The van der Waals surface area contributed by atoms with Crippen LogP contribution in [0.25, 0.3) is 5.82 Å². The lowest BCUT2D eigenvalue weighted by atomic mass is 10.2. The molecule has 0 saturated carbocycles. The van der Waals surface area contributed by atoms with E-state index in [0.717, 1.165) is 17.8 Å². The number of imidazole rings is 1. The van der Waals surface area contributed by atoms with Crippen LogP contribution in [0.3, 0.4) is 0 Å². The molecular weight excluding hydrogens is 336 g/mol. The van der Waals surface area contributed by atoms with Gasteiger partial charge in [0.1, 0.15) is 0 Å². The van der Waals surface area contributed by atoms with Crippen molar-refractivity contribution >= 4 is 16.5 Å². The maximum absolute atomic E-state index is 13.0. The van der Waals surface area contributed by atoms with Gasteiger partial charge in [-0.1, -0.05) is 18.2 Å². The first kappa shape index (κ1) is 17.2. The van der Waals surface area contributed by atoms with Crippen molar-refractivity contribution in [2.75, 3.05) is 19.0 Å². The van der Waals surface area contributed by atoms with Gasteiger partial charge in [-0.2, -0.15) is 0 Å². The lowest BCUT2D eigenvalue weighted by Gasteiger charge is -2.12. The maximum atomic E-state index is 13.0. The van der Waals surface area contributed by atoms with E-state index in [9.17, 15) is 4.21 Å². The normalized spacial score (nSPS) is 11.9. The second-order valence-corrected chi connectivity index (χ2v) is 6.63. The highest BCUT2D eigenvalue weighted by molar-refractivity contribution is 7.84. The van der Waals surface area contributed by atoms with Crippen LogP contribution >= 0.6 is 0 Å². The van der Waals surface area contributed by atoms with Gasteiger partial charge in [-0.3, -0.25) is 8.78 Å². The molecule has 130 valence electrons. The Morgan fingerprint density at radius 2 is 2.00 bits per heavy atom. The second-order valence-electron chi connectivity index (χ2n) is 5.29. The largest absolute Gasteiger partial charge is 0.493 e. The molecule has 6 nitrogen and oxygen atoms in total. The molecule has 1 unspecified atom stereocenters. The van der Waals surface area contributed by atoms with Crippen molar-refractivity contribution < 1.29 is 8.95 Å². The van der Waals surface area contributed by atoms with Crippen LogP contribution in [0.5, 0.6) is 5.75 Å². The molecule has 0 amide bonds. The van der Waals surface area contributed by atoms with Gasteiger partial charge in [0.15, 0.2) is 11.6 Å². The van der Waals surface area contributed by atoms with E-state index in [-0.39, 0.29) is 0 Å². The van der Waals surface area contributed by atoms with Crippen LogP contribution in [0, 0.1) is 0 Å². The topological polar surface area (TPSA) is 69.0 Å². The van der Waals surface area contributed by atoms with Gasteiger partial charge < -0.3 is 10.1 Å². The number of aromatic nitrogens is 3. The first-order valence-corrected chi connectivity index (χ1v) is 9.29. The molecule has 0 saturated heterocycles. The number of nitrogens with zero attached hydrogens (tertiary/aromatic N) is 3. The molecule has 0 bridgehead atoms. The maximum Gasteiger partial charge on any atom is 0.205 e. The Kier molecular flexibility index (Phi) is 5.45. The number of para-hydroxylation sites is 1. The van der Waals surface area contributed by atoms with E-state index in [0.29, 0.717) is 22.5 Å². The molecule has 0 radical (unpaired) electrons.